The van der Waals surface area contributed by atoms with E-state index in [0.717, 1.165) is 31.0 Å². The lowest BCUT2D eigenvalue weighted by Gasteiger charge is -2.33. The van der Waals surface area contributed by atoms with E-state index in [4.69, 9.17) is 0 Å². The minimum Gasteiger partial charge on any atom is -0.356 e. The number of anilines is 1. The van der Waals surface area contributed by atoms with Crippen LogP contribution in [0.5, 0.6) is 0 Å². The van der Waals surface area contributed by atoms with E-state index in [1.165, 1.54) is 24.1 Å². The van der Waals surface area contributed by atoms with Gasteiger partial charge in [0.05, 0.1) is 6.20 Å². The van der Waals surface area contributed by atoms with Crippen molar-refractivity contribution in [3.8, 4) is 0 Å². The Morgan fingerprint density at radius 2 is 2.25 bits per heavy atom. The number of nitrogens with one attached hydrogen (secondary N) is 1. The Bertz CT molecular complexity index is 577. The van der Waals surface area contributed by atoms with E-state index in [0.29, 0.717) is 5.92 Å². The molecule has 1 fully saturated rings. The molecular formula is C15H21N5. The topological polar surface area (TPSA) is 57.7 Å². The van der Waals surface area contributed by atoms with E-state index >= 15 is 0 Å². The second kappa shape index (κ2) is 5.61. The molecule has 3 heterocycles. The maximum absolute atomic E-state index is 4.41. The van der Waals surface area contributed by atoms with E-state index in [2.05, 4.69) is 38.1 Å². The van der Waals surface area contributed by atoms with Crippen LogP contribution in [0.3, 0.4) is 0 Å². The Morgan fingerprint density at radius 1 is 1.35 bits per heavy atom. The zero-order chi connectivity index (χ0) is 13.9. The number of hydrogen-bond acceptors (Lipinski definition) is 4. The van der Waals surface area contributed by atoms with Gasteiger partial charge in [0.2, 0.25) is 0 Å². The van der Waals surface area contributed by atoms with E-state index in [-0.39, 0.29) is 0 Å². The van der Waals surface area contributed by atoms with Crippen LogP contribution in [0.15, 0.2) is 18.6 Å². The van der Waals surface area contributed by atoms with Crippen LogP contribution in [-0.2, 0) is 6.42 Å². The maximum Gasteiger partial charge on any atom is 0.132 e. The minimum absolute atomic E-state index is 0.665. The second-order valence-corrected chi connectivity index (χ2v) is 5.71. The highest BCUT2D eigenvalue weighted by Gasteiger charge is 2.22. The third kappa shape index (κ3) is 2.81. The Labute approximate surface area is 119 Å². The summed E-state index contributed by atoms with van der Waals surface area (Å²) >= 11 is 0. The van der Waals surface area contributed by atoms with Crippen LogP contribution in [0.4, 0.5) is 5.82 Å². The Balaban J connectivity index is 1.69. The van der Waals surface area contributed by atoms with Gasteiger partial charge in [0.25, 0.3) is 0 Å². The van der Waals surface area contributed by atoms with Gasteiger partial charge in [-0.25, -0.2) is 9.97 Å². The molecule has 0 saturated carbocycles. The SMILES string of the molecule is Cc1cc(N2CCC[C@H](Cc3[nH]ncc3C)C2)ncn1. The predicted octanol–water partition coefficient (Wildman–Crippen LogP) is 2.28. The summed E-state index contributed by atoms with van der Waals surface area (Å²) in [5.74, 6) is 1.72. The first-order chi connectivity index (χ1) is 9.72. The molecule has 20 heavy (non-hydrogen) atoms. The zero-order valence-electron chi connectivity index (χ0n) is 12.1. The molecule has 0 bridgehead atoms. The summed E-state index contributed by atoms with van der Waals surface area (Å²) in [5.41, 5.74) is 3.57. The first-order valence-corrected chi connectivity index (χ1v) is 7.25. The smallest absolute Gasteiger partial charge is 0.132 e. The van der Waals surface area contributed by atoms with Crippen molar-refractivity contribution in [3.05, 3.63) is 35.5 Å². The molecule has 2 aromatic heterocycles. The Kier molecular flexibility index (Phi) is 3.67. The van der Waals surface area contributed by atoms with Gasteiger partial charge in [0, 0.05) is 30.5 Å². The lowest BCUT2D eigenvalue weighted by Crippen LogP contribution is -2.37. The minimum atomic E-state index is 0.665. The van der Waals surface area contributed by atoms with Crippen molar-refractivity contribution in [3.63, 3.8) is 0 Å². The molecular weight excluding hydrogens is 250 g/mol. The molecule has 1 saturated heterocycles. The van der Waals surface area contributed by atoms with Crippen molar-refractivity contribution in [1.29, 1.82) is 0 Å². The summed E-state index contributed by atoms with van der Waals surface area (Å²) in [6.45, 7) is 6.29. The molecule has 2 aromatic rings. The fourth-order valence-corrected chi connectivity index (χ4v) is 2.92. The third-order valence-corrected chi connectivity index (χ3v) is 4.06. The van der Waals surface area contributed by atoms with Crippen LogP contribution >= 0.6 is 0 Å². The fourth-order valence-electron chi connectivity index (χ4n) is 2.92. The average Bonchev–Trinajstić information content (AvgIpc) is 2.85. The molecule has 5 heteroatoms. The number of hydrogen-bond donors (Lipinski definition) is 1. The van der Waals surface area contributed by atoms with E-state index < -0.39 is 0 Å². The molecule has 0 spiro atoms. The highest BCUT2D eigenvalue weighted by Crippen LogP contribution is 2.24. The summed E-state index contributed by atoms with van der Waals surface area (Å²) in [6, 6.07) is 2.07. The van der Waals surface area contributed by atoms with Gasteiger partial charge in [-0.1, -0.05) is 0 Å². The van der Waals surface area contributed by atoms with Gasteiger partial charge in [-0.2, -0.15) is 5.10 Å². The number of nitrogens with zero attached hydrogens (tertiary/aromatic N) is 4. The molecule has 3 rings (SSSR count). The van der Waals surface area contributed by atoms with Crippen LogP contribution in [0.1, 0.15) is 29.8 Å². The standard InChI is InChI=1S/C15H21N5/c1-11-8-18-19-14(11)7-13-4-3-5-20(9-13)15-6-12(2)16-10-17-15/h6,8,10,13H,3-5,7,9H2,1-2H3,(H,18,19)/t13-/m1/s1. The van der Waals surface area contributed by atoms with Crippen molar-refractivity contribution < 1.29 is 0 Å². The molecule has 1 aliphatic heterocycles. The molecule has 0 aromatic carbocycles. The number of H-pyrrole nitrogens is 1. The van der Waals surface area contributed by atoms with Gasteiger partial charge < -0.3 is 4.90 Å². The molecule has 5 nitrogen and oxygen atoms in total. The summed E-state index contributed by atoms with van der Waals surface area (Å²) < 4.78 is 0. The van der Waals surface area contributed by atoms with Crippen LogP contribution in [0.25, 0.3) is 0 Å². The van der Waals surface area contributed by atoms with Gasteiger partial charge in [-0.05, 0) is 44.6 Å². The molecule has 0 aliphatic carbocycles. The molecule has 106 valence electrons. The van der Waals surface area contributed by atoms with Crippen LogP contribution in [-0.4, -0.2) is 33.3 Å². The maximum atomic E-state index is 4.41. The Morgan fingerprint density at radius 3 is 3.00 bits per heavy atom. The predicted molar refractivity (Wildman–Crippen MR) is 78.7 cm³/mol. The zero-order valence-corrected chi connectivity index (χ0v) is 12.1. The highest BCUT2D eigenvalue weighted by atomic mass is 15.2. The first kappa shape index (κ1) is 13.1. The number of aryl methyl sites for hydroxylation is 2. The van der Waals surface area contributed by atoms with Crippen molar-refractivity contribution in [2.24, 2.45) is 5.92 Å². The monoisotopic (exact) mass is 271 g/mol. The molecule has 1 N–H and O–H groups in total. The van der Waals surface area contributed by atoms with Crippen LogP contribution in [0, 0.1) is 19.8 Å². The second-order valence-electron chi connectivity index (χ2n) is 5.71. The van der Waals surface area contributed by atoms with Gasteiger partial charge in [-0.3, -0.25) is 5.10 Å². The van der Waals surface area contributed by atoms with Crippen molar-refractivity contribution in [1.82, 2.24) is 20.2 Å². The van der Waals surface area contributed by atoms with Crippen LogP contribution in [0.2, 0.25) is 0 Å². The van der Waals surface area contributed by atoms with Gasteiger partial charge in [0.15, 0.2) is 0 Å². The number of aromatic amines is 1. The largest absolute Gasteiger partial charge is 0.356 e. The summed E-state index contributed by atoms with van der Waals surface area (Å²) in [7, 11) is 0. The normalized spacial score (nSPS) is 19.3. The van der Waals surface area contributed by atoms with Crippen LogP contribution < -0.4 is 4.90 Å². The first-order valence-electron chi connectivity index (χ1n) is 7.25. The van der Waals surface area contributed by atoms with Crippen molar-refractivity contribution >= 4 is 5.82 Å². The number of aromatic nitrogens is 4. The lowest BCUT2D eigenvalue weighted by atomic mass is 9.92. The fraction of sp³-hybridized carbons (Fsp3) is 0.533. The van der Waals surface area contributed by atoms with Gasteiger partial charge in [0.1, 0.15) is 12.1 Å². The van der Waals surface area contributed by atoms with E-state index in [9.17, 15) is 0 Å². The number of piperidine rings is 1. The lowest BCUT2D eigenvalue weighted by molar-refractivity contribution is 0.407. The number of rotatable bonds is 3. The summed E-state index contributed by atoms with van der Waals surface area (Å²) in [6.07, 6.45) is 7.14. The molecule has 0 amide bonds. The molecule has 0 radical (unpaired) electrons. The molecule has 1 aliphatic rings. The highest BCUT2D eigenvalue weighted by molar-refractivity contribution is 5.39. The molecule has 0 unspecified atom stereocenters. The van der Waals surface area contributed by atoms with Crippen molar-refractivity contribution in [2.45, 2.75) is 33.1 Å². The summed E-state index contributed by atoms with van der Waals surface area (Å²) in [4.78, 5) is 11.0. The van der Waals surface area contributed by atoms with Crippen molar-refractivity contribution in [2.75, 3.05) is 18.0 Å². The Hall–Kier alpha value is -1.91. The van der Waals surface area contributed by atoms with E-state index in [1.807, 2.05) is 13.1 Å². The van der Waals surface area contributed by atoms with Gasteiger partial charge >= 0.3 is 0 Å². The average molecular weight is 271 g/mol. The summed E-state index contributed by atoms with van der Waals surface area (Å²) in [5, 5.41) is 7.24. The quantitative estimate of drug-likeness (QED) is 0.930. The molecule has 1 atom stereocenters. The van der Waals surface area contributed by atoms with Gasteiger partial charge in [-0.15, -0.1) is 0 Å². The van der Waals surface area contributed by atoms with E-state index in [1.54, 1.807) is 6.33 Å². The third-order valence-electron chi connectivity index (χ3n) is 4.06.